The van der Waals surface area contributed by atoms with Gasteiger partial charge < -0.3 is 4.74 Å². The lowest BCUT2D eigenvalue weighted by Gasteiger charge is -2.38. The Morgan fingerprint density at radius 1 is 1.07 bits per heavy atom. The van der Waals surface area contributed by atoms with Crippen LogP contribution in [0, 0.1) is 29.5 Å². The highest BCUT2D eigenvalue weighted by Gasteiger charge is 2.34. The number of methoxy groups -OCH3 is 1. The quantitative estimate of drug-likeness (QED) is 0.401. The summed E-state index contributed by atoms with van der Waals surface area (Å²) < 4.78 is 18.8. The highest BCUT2D eigenvalue weighted by atomic mass is 19.1. The lowest BCUT2D eigenvalue weighted by Crippen LogP contribution is -2.28. The van der Waals surface area contributed by atoms with E-state index in [0.29, 0.717) is 5.56 Å². The minimum Gasteiger partial charge on any atom is -0.465 e. The van der Waals surface area contributed by atoms with Gasteiger partial charge in [-0.25, -0.2) is 14.1 Å². The van der Waals surface area contributed by atoms with E-state index in [1.165, 1.54) is 44.9 Å². The molecule has 0 bridgehead atoms. The Labute approximate surface area is 161 Å². The molecule has 0 spiro atoms. The largest absolute Gasteiger partial charge is 0.465 e. The van der Waals surface area contributed by atoms with Crippen LogP contribution >= 0.6 is 0 Å². The Kier molecular flexibility index (Phi) is 6.88. The summed E-state index contributed by atoms with van der Waals surface area (Å²) in [7, 11) is 1.22. The number of esters is 1. The van der Waals surface area contributed by atoms with Crippen LogP contribution in [0.4, 0.5) is 4.39 Å². The highest BCUT2D eigenvalue weighted by molar-refractivity contribution is 5.89. The molecule has 2 saturated carbocycles. The molecule has 2 fully saturated rings. The third kappa shape index (κ3) is 4.69. The summed E-state index contributed by atoms with van der Waals surface area (Å²) in [6, 6.07) is 4.32. The average molecular weight is 378 g/mol. The molecule has 1 aromatic rings. The second kappa shape index (κ2) is 9.16. The van der Waals surface area contributed by atoms with E-state index >= 15 is 0 Å². The molecular weight excluding hydrogens is 347 g/mol. The molecular formula is C22H31FO4. The predicted molar refractivity (Wildman–Crippen MR) is 101 cm³/mol. The van der Waals surface area contributed by atoms with Crippen LogP contribution in [0.25, 0.3) is 0 Å². The summed E-state index contributed by atoms with van der Waals surface area (Å²) in [4.78, 5) is 16.3. The maximum Gasteiger partial charge on any atom is 0.340 e. The van der Waals surface area contributed by atoms with Crippen LogP contribution in [-0.4, -0.2) is 18.3 Å². The van der Waals surface area contributed by atoms with Gasteiger partial charge in [0.05, 0.1) is 12.7 Å². The number of carbonyl (C=O) groups is 1. The Morgan fingerprint density at radius 2 is 1.67 bits per heavy atom. The van der Waals surface area contributed by atoms with Gasteiger partial charge >= 0.3 is 5.97 Å². The summed E-state index contributed by atoms with van der Waals surface area (Å²) >= 11 is 0. The van der Waals surface area contributed by atoms with Gasteiger partial charge in [0, 0.05) is 0 Å². The van der Waals surface area contributed by atoms with E-state index in [0.717, 1.165) is 43.4 Å². The van der Waals surface area contributed by atoms with Gasteiger partial charge in [-0.2, -0.15) is 0 Å². The van der Waals surface area contributed by atoms with Crippen LogP contribution in [0.5, 0.6) is 0 Å². The minimum atomic E-state index is -0.706. The Hall–Kier alpha value is -1.46. The van der Waals surface area contributed by atoms with Gasteiger partial charge in [-0.3, -0.25) is 5.26 Å². The SMILES string of the molecule is COC(=O)c1ccc(C(OO)C2CCC(C3CCC(C)CC3)CC2)cc1F. The number of benzene rings is 1. The van der Waals surface area contributed by atoms with Crippen LogP contribution in [-0.2, 0) is 9.62 Å². The minimum absolute atomic E-state index is 0.104. The van der Waals surface area contributed by atoms with Gasteiger partial charge in [0.2, 0.25) is 0 Å². The number of rotatable bonds is 5. The Bertz CT molecular complexity index is 631. The van der Waals surface area contributed by atoms with Crippen molar-refractivity contribution < 1.29 is 24.1 Å². The van der Waals surface area contributed by atoms with Gasteiger partial charge in [0.1, 0.15) is 11.9 Å². The van der Waals surface area contributed by atoms with E-state index in [9.17, 15) is 14.4 Å². The van der Waals surface area contributed by atoms with Crippen LogP contribution < -0.4 is 0 Å². The molecule has 1 unspecified atom stereocenters. The zero-order valence-corrected chi connectivity index (χ0v) is 16.3. The fourth-order valence-corrected chi connectivity index (χ4v) is 5.08. The van der Waals surface area contributed by atoms with Crippen molar-refractivity contribution in [1.29, 1.82) is 0 Å². The van der Waals surface area contributed by atoms with Gasteiger partial charge in [0.15, 0.2) is 0 Å². The lowest BCUT2D eigenvalue weighted by atomic mass is 9.68. The molecule has 1 aromatic carbocycles. The zero-order valence-electron chi connectivity index (χ0n) is 16.3. The highest BCUT2D eigenvalue weighted by Crippen LogP contribution is 2.44. The van der Waals surface area contributed by atoms with Crippen molar-refractivity contribution in [2.75, 3.05) is 7.11 Å². The molecule has 5 heteroatoms. The monoisotopic (exact) mass is 378 g/mol. The van der Waals surface area contributed by atoms with E-state index in [1.54, 1.807) is 6.07 Å². The van der Waals surface area contributed by atoms with Crippen molar-refractivity contribution in [2.45, 2.75) is 64.4 Å². The third-order valence-electron chi connectivity index (χ3n) is 6.81. The second-order valence-electron chi connectivity index (χ2n) is 8.45. The summed E-state index contributed by atoms with van der Waals surface area (Å²) in [5.41, 5.74) is 0.464. The van der Waals surface area contributed by atoms with E-state index in [4.69, 9.17) is 4.89 Å². The van der Waals surface area contributed by atoms with Crippen LogP contribution in [0.1, 0.15) is 80.3 Å². The fraction of sp³-hybridized carbons (Fsp3) is 0.682. The first-order valence-corrected chi connectivity index (χ1v) is 10.2. The molecule has 27 heavy (non-hydrogen) atoms. The van der Waals surface area contributed by atoms with Gasteiger partial charge in [0.25, 0.3) is 0 Å². The molecule has 1 N–H and O–H groups in total. The van der Waals surface area contributed by atoms with Crippen molar-refractivity contribution in [2.24, 2.45) is 23.7 Å². The number of halogens is 1. The molecule has 0 aliphatic heterocycles. The van der Waals surface area contributed by atoms with Crippen molar-refractivity contribution in [3.05, 3.63) is 35.1 Å². The lowest BCUT2D eigenvalue weighted by molar-refractivity contribution is -0.296. The summed E-state index contributed by atoms with van der Waals surface area (Å²) in [5.74, 6) is 1.29. The summed E-state index contributed by atoms with van der Waals surface area (Å²) in [5, 5.41) is 9.48. The molecule has 1 atom stereocenters. The maximum atomic E-state index is 14.2. The van der Waals surface area contributed by atoms with E-state index in [1.807, 2.05) is 0 Å². The van der Waals surface area contributed by atoms with Crippen molar-refractivity contribution in [3.8, 4) is 0 Å². The van der Waals surface area contributed by atoms with Gasteiger partial charge in [-0.05, 0) is 79.9 Å². The number of hydrogen-bond acceptors (Lipinski definition) is 4. The first-order valence-electron chi connectivity index (χ1n) is 10.2. The Morgan fingerprint density at radius 3 is 2.19 bits per heavy atom. The van der Waals surface area contributed by atoms with Crippen LogP contribution in [0.3, 0.4) is 0 Å². The first kappa shape index (κ1) is 20.3. The predicted octanol–water partition coefficient (Wildman–Crippen LogP) is 5.78. The van der Waals surface area contributed by atoms with Crippen molar-refractivity contribution >= 4 is 5.97 Å². The second-order valence-corrected chi connectivity index (χ2v) is 8.45. The summed E-state index contributed by atoms with van der Waals surface area (Å²) in [6.07, 6.45) is 9.06. The molecule has 2 aliphatic rings. The average Bonchev–Trinajstić information content (AvgIpc) is 2.69. The van der Waals surface area contributed by atoms with E-state index < -0.39 is 17.9 Å². The fourth-order valence-electron chi connectivity index (χ4n) is 5.08. The summed E-state index contributed by atoms with van der Waals surface area (Å²) in [6.45, 7) is 2.35. The van der Waals surface area contributed by atoms with Crippen molar-refractivity contribution in [3.63, 3.8) is 0 Å². The maximum absolute atomic E-state index is 14.2. The number of ether oxygens (including phenoxy) is 1. The topological polar surface area (TPSA) is 55.8 Å². The molecule has 0 amide bonds. The zero-order chi connectivity index (χ0) is 19.4. The van der Waals surface area contributed by atoms with E-state index in [2.05, 4.69) is 11.7 Å². The molecule has 4 nitrogen and oxygen atoms in total. The normalized spacial score (nSPS) is 29.9. The smallest absolute Gasteiger partial charge is 0.340 e. The molecule has 150 valence electrons. The molecule has 3 rings (SSSR count). The molecule has 0 heterocycles. The molecule has 0 saturated heterocycles. The third-order valence-corrected chi connectivity index (χ3v) is 6.81. The number of carbonyl (C=O) groups excluding carboxylic acids is 1. The molecule has 0 radical (unpaired) electrons. The Balaban J connectivity index is 1.62. The van der Waals surface area contributed by atoms with Crippen molar-refractivity contribution in [1.82, 2.24) is 0 Å². The first-order chi connectivity index (χ1) is 13.0. The van der Waals surface area contributed by atoms with Gasteiger partial charge in [-0.15, -0.1) is 0 Å². The van der Waals surface area contributed by atoms with E-state index in [-0.39, 0.29) is 11.5 Å². The molecule has 0 aromatic heterocycles. The van der Waals surface area contributed by atoms with Gasteiger partial charge in [-0.1, -0.05) is 25.8 Å². The van der Waals surface area contributed by atoms with Crippen LogP contribution in [0.15, 0.2) is 18.2 Å². The molecule has 2 aliphatic carbocycles. The standard InChI is InChI=1S/C22H31FO4/c1-14-3-5-15(6-4-14)16-7-9-17(10-8-16)21(27-25)18-11-12-19(20(23)13-18)22(24)26-2/h11-17,21,25H,3-10H2,1-2H3. The van der Waals surface area contributed by atoms with Crippen LogP contribution in [0.2, 0.25) is 0 Å². The number of hydrogen-bond donors (Lipinski definition) is 1.